The van der Waals surface area contributed by atoms with E-state index in [-0.39, 0.29) is 5.75 Å². The summed E-state index contributed by atoms with van der Waals surface area (Å²) in [7, 11) is 0. The van der Waals surface area contributed by atoms with Gasteiger partial charge in [-0.2, -0.15) is 0 Å². The van der Waals surface area contributed by atoms with Crippen LogP contribution in [0.5, 0.6) is 5.75 Å². The lowest BCUT2D eigenvalue weighted by Gasteiger charge is -2.02. The molecule has 1 rings (SSSR count). The van der Waals surface area contributed by atoms with E-state index in [2.05, 4.69) is 20.9 Å². The highest BCUT2D eigenvalue weighted by molar-refractivity contribution is 9.10. The smallest absolute Gasteiger partial charge is 0.161 e. The lowest BCUT2D eigenvalue weighted by Crippen LogP contribution is -1.91. The van der Waals surface area contributed by atoms with Crippen LogP contribution < -0.4 is 5.73 Å². The average Bonchev–Trinajstić information content (AvgIpc) is 1.93. The molecule has 0 amide bonds. The zero-order valence-corrected chi connectivity index (χ0v) is 7.01. The molecule has 0 saturated carbocycles. The number of hydrogen-bond acceptors (Lipinski definition) is 3. The minimum Gasteiger partial charge on any atom is -0.504 e. The summed E-state index contributed by atoms with van der Waals surface area (Å²) in [4.78, 5) is 3.86. The fourth-order valence-corrected chi connectivity index (χ4v) is 0.882. The van der Waals surface area contributed by atoms with E-state index in [9.17, 15) is 0 Å². The molecule has 0 aliphatic heterocycles. The van der Waals surface area contributed by atoms with Gasteiger partial charge in [0.2, 0.25) is 0 Å². The van der Waals surface area contributed by atoms with Crippen molar-refractivity contribution in [2.24, 2.45) is 0 Å². The van der Waals surface area contributed by atoms with Gasteiger partial charge in [0.25, 0.3) is 0 Å². The largest absolute Gasteiger partial charge is 0.504 e. The van der Waals surface area contributed by atoms with E-state index in [1.165, 1.54) is 0 Å². The number of nitrogens with zero attached hydrogens (tertiary/aromatic N) is 1. The normalized spacial score (nSPS) is 9.80. The second kappa shape index (κ2) is 2.46. The summed E-state index contributed by atoms with van der Waals surface area (Å²) in [6.07, 6.45) is 1.56. The van der Waals surface area contributed by atoms with Crippen LogP contribution in [0, 0.1) is 6.92 Å². The molecule has 1 heterocycles. The van der Waals surface area contributed by atoms with E-state index in [0.717, 1.165) is 0 Å². The zero-order chi connectivity index (χ0) is 7.72. The van der Waals surface area contributed by atoms with Crippen molar-refractivity contribution >= 4 is 21.6 Å². The van der Waals surface area contributed by atoms with Gasteiger partial charge < -0.3 is 10.8 Å². The number of aromatic nitrogens is 1. The first-order valence-corrected chi connectivity index (χ1v) is 3.51. The lowest BCUT2D eigenvalue weighted by atomic mass is 10.3. The maximum atomic E-state index is 9.17. The SMILES string of the molecule is Cc1ncc(Br)c(N)c1O. The Kier molecular flexibility index (Phi) is 1.80. The summed E-state index contributed by atoms with van der Waals surface area (Å²) in [5, 5.41) is 9.17. The van der Waals surface area contributed by atoms with Gasteiger partial charge in [0.1, 0.15) is 0 Å². The first kappa shape index (κ1) is 7.34. The Morgan fingerprint density at radius 3 is 2.80 bits per heavy atom. The molecule has 0 saturated heterocycles. The number of nitrogens with two attached hydrogens (primary N) is 1. The van der Waals surface area contributed by atoms with E-state index in [1.54, 1.807) is 13.1 Å². The predicted molar refractivity (Wildman–Crippen MR) is 42.8 cm³/mol. The molecule has 4 heteroatoms. The minimum absolute atomic E-state index is 0.0503. The van der Waals surface area contributed by atoms with Crippen molar-refractivity contribution in [3.63, 3.8) is 0 Å². The molecule has 0 fully saturated rings. The first-order valence-electron chi connectivity index (χ1n) is 2.72. The van der Waals surface area contributed by atoms with E-state index in [1.807, 2.05) is 0 Å². The van der Waals surface area contributed by atoms with Gasteiger partial charge in [-0.25, -0.2) is 0 Å². The van der Waals surface area contributed by atoms with Crippen LogP contribution in [0.15, 0.2) is 10.7 Å². The van der Waals surface area contributed by atoms with Gasteiger partial charge in [0, 0.05) is 6.20 Å². The number of nitrogen functional groups attached to an aromatic ring is 1. The van der Waals surface area contributed by atoms with Gasteiger partial charge in [0.15, 0.2) is 5.75 Å². The molecular formula is C6H7BrN2O. The number of aryl methyl sites for hydroxylation is 1. The Hall–Kier alpha value is -0.770. The molecule has 0 bridgehead atoms. The molecule has 54 valence electrons. The molecule has 0 atom stereocenters. The predicted octanol–water partition coefficient (Wildman–Crippen LogP) is 1.44. The summed E-state index contributed by atoms with van der Waals surface area (Å²) in [6.45, 7) is 1.69. The number of rotatable bonds is 0. The Balaban J connectivity index is 3.34. The van der Waals surface area contributed by atoms with Gasteiger partial charge in [-0.1, -0.05) is 0 Å². The molecule has 10 heavy (non-hydrogen) atoms. The zero-order valence-electron chi connectivity index (χ0n) is 5.43. The molecule has 0 radical (unpaired) electrons. The molecule has 1 aromatic rings. The fraction of sp³-hybridized carbons (Fsp3) is 0.167. The van der Waals surface area contributed by atoms with Crippen LogP contribution in [-0.4, -0.2) is 10.1 Å². The van der Waals surface area contributed by atoms with Crippen molar-refractivity contribution < 1.29 is 5.11 Å². The van der Waals surface area contributed by atoms with Crippen LogP contribution in [-0.2, 0) is 0 Å². The van der Waals surface area contributed by atoms with Crippen molar-refractivity contribution in [2.45, 2.75) is 6.92 Å². The van der Waals surface area contributed by atoms with E-state index in [4.69, 9.17) is 10.8 Å². The van der Waals surface area contributed by atoms with Crippen molar-refractivity contribution in [1.29, 1.82) is 0 Å². The highest BCUT2D eigenvalue weighted by Gasteiger charge is 2.04. The summed E-state index contributed by atoms with van der Waals surface area (Å²) in [5.74, 6) is 0.0503. The first-order chi connectivity index (χ1) is 4.63. The van der Waals surface area contributed by atoms with Crippen LogP contribution in [0.3, 0.4) is 0 Å². The van der Waals surface area contributed by atoms with Gasteiger partial charge in [-0.3, -0.25) is 4.98 Å². The number of halogens is 1. The third kappa shape index (κ3) is 1.07. The van der Waals surface area contributed by atoms with Gasteiger partial charge >= 0.3 is 0 Å². The topological polar surface area (TPSA) is 59.1 Å². The molecule has 0 spiro atoms. The standard InChI is InChI=1S/C6H7BrN2O/c1-3-6(10)5(8)4(7)2-9-3/h2,10H,1H3,(H2,8,9). The maximum Gasteiger partial charge on any atom is 0.161 e. The molecule has 0 aliphatic rings. The second-order valence-corrected chi connectivity index (χ2v) is 2.81. The Labute approximate surface area is 67.0 Å². The van der Waals surface area contributed by atoms with Crippen molar-refractivity contribution in [2.75, 3.05) is 5.73 Å². The summed E-state index contributed by atoms with van der Waals surface area (Å²) in [6, 6.07) is 0. The van der Waals surface area contributed by atoms with Gasteiger partial charge in [0.05, 0.1) is 15.9 Å². The second-order valence-electron chi connectivity index (χ2n) is 1.95. The van der Waals surface area contributed by atoms with Crippen LogP contribution in [0.1, 0.15) is 5.69 Å². The summed E-state index contributed by atoms with van der Waals surface area (Å²) >= 11 is 3.13. The quantitative estimate of drug-likeness (QED) is 0.670. The van der Waals surface area contributed by atoms with Crippen molar-refractivity contribution in [3.8, 4) is 5.75 Å². The third-order valence-corrected chi connectivity index (χ3v) is 1.86. The number of aromatic hydroxyl groups is 1. The van der Waals surface area contributed by atoms with E-state index >= 15 is 0 Å². The molecule has 0 unspecified atom stereocenters. The number of pyridine rings is 1. The maximum absolute atomic E-state index is 9.17. The average molecular weight is 203 g/mol. The summed E-state index contributed by atoms with van der Waals surface area (Å²) < 4.78 is 0.621. The highest BCUT2D eigenvalue weighted by Crippen LogP contribution is 2.29. The van der Waals surface area contributed by atoms with Gasteiger partial charge in [-0.15, -0.1) is 0 Å². The minimum atomic E-state index is 0.0503. The number of hydrogen-bond donors (Lipinski definition) is 2. The Morgan fingerprint density at radius 1 is 1.70 bits per heavy atom. The van der Waals surface area contributed by atoms with Crippen LogP contribution in [0.25, 0.3) is 0 Å². The molecule has 3 nitrogen and oxygen atoms in total. The van der Waals surface area contributed by atoms with Crippen molar-refractivity contribution in [3.05, 3.63) is 16.4 Å². The molecule has 3 N–H and O–H groups in total. The Bertz CT molecular complexity index is 235. The monoisotopic (exact) mass is 202 g/mol. The van der Waals surface area contributed by atoms with Crippen LogP contribution in [0.2, 0.25) is 0 Å². The van der Waals surface area contributed by atoms with Crippen LogP contribution >= 0.6 is 15.9 Å². The fourth-order valence-electron chi connectivity index (χ4n) is 0.592. The molecule has 0 aliphatic carbocycles. The molecule has 0 aromatic carbocycles. The van der Waals surface area contributed by atoms with Crippen molar-refractivity contribution in [1.82, 2.24) is 4.98 Å². The molecule has 1 aromatic heterocycles. The Morgan fingerprint density at radius 2 is 2.30 bits per heavy atom. The summed E-state index contributed by atoms with van der Waals surface area (Å²) in [5.41, 5.74) is 6.33. The van der Waals surface area contributed by atoms with E-state index in [0.29, 0.717) is 15.9 Å². The third-order valence-electron chi connectivity index (χ3n) is 1.23. The van der Waals surface area contributed by atoms with Gasteiger partial charge in [-0.05, 0) is 22.9 Å². The lowest BCUT2D eigenvalue weighted by molar-refractivity contribution is 0.470. The molecular weight excluding hydrogens is 196 g/mol. The highest BCUT2D eigenvalue weighted by atomic mass is 79.9. The number of anilines is 1. The van der Waals surface area contributed by atoms with Crippen LogP contribution in [0.4, 0.5) is 5.69 Å². The van der Waals surface area contributed by atoms with E-state index < -0.39 is 0 Å².